The van der Waals surface area contributed by atoms with E-state index >= 15 is 0 Å². The highest BCUT2D eigenvalue weighted by Crippen LogP contribution is 2.22. The predicted molar refractivity (Wildman–Crippen MR) is 63.5 cm³/mol. The number of aromatic nitrogens is 1. The highest BCUT2D eigenvalue weighted by atomic mass is 32.2. The second-order valence-corrected chi connectivity index (χ2v) is 4.73. The Bertz CT molecular complexity index is 440. The zero-order valence-corrected chi connectivity index (χ0v) is 9.55. The minimum Gasteiger partial charge on any atom is -0.298 e. The third kappa shape index (κ3) is 2.91. The molecule has 0 aliphatic rings. The van der Waals surface area contributed by atoms with Crippen molar-refractivity contribution in [2.45, 2.75) is 10.6 Å². The Hall–Kier alpha value is -1.13. The van der Waals surface area contributed by atoms with Crippen molar-refractivity contribution < 1.29 is 4.79 Å². The molecule has 0 radical (unpaired) electrons. The van der Waals surface area contributed by atoms with Gasteiger partial charge >= 0.3 is 0 Å². The number of nitrogens with zero attached hydrogens (tertiary/aromatic N) is 1. The number of carbonyl (C=O) groups is 1. The molecule has 2 rings (SSSR count). The Morgan fingerprint density at radius 2 is 2.40 bits per heavy atom. The fourth-order valence-corrected chi connectivity index (χ4v) is 2.67. The van der Waals surface area contributed by atoms with Gasteiger partial charge in [0.25, 0.3) is 0 Å². The lowest BCUT2D eigenvalue weighted by molar-refractivity contribution is 0.112. The number of hydrogen-bond acceptors (Lipinski definition) is 4. The van der Waals surface area contributed by atoms with E-state index in [1.54, 1.807) is 29.2 Å². The Balaban J connectivity index is 2.01. The quantitative estimate of drug-likeness (QED) is 0.602. The van der Waals surface area contributed by atoms with E-state index in [4.69, 9.17) is 0 Å². The molecule has 1 aromatic carbocycles. The maximum absolute atomic E-state index is 10.6. The summed E-state index contributed by atoms with van der Waals surface area (Å²) in [5.74, 6) is 0.853. The van der Waals surface area contributed by atoms with Gasteiger partial charge in [-0.1, -0.05) is 12.1 Å². The van der Waals surface area contributed by atoms with Gasteiger partial charge < -0.3 is 0 Å². The van der Waals surface area contributed by atoms with Crippen molar-refractivity contribution in [3.05, 3.63) is 46.4 Å². The van der Waals surface area contributed by atoms with Crippen molar-refractivity contribution in [1.29, 1.82) is 0 Å². The van der Waals surface area contributed by atoms with E-state index in [-0.39, 0.29) is 0 Å². The maximum Gasteiger partial charge on any atom is 0.150 e. The van der Waals surface area contributed by atoms with Crippen LogP contribution < -0.4 is 0 Å². The summed E-state index contributed by atoms with van der Waals surface area (Å²) in [7, 11) is 0. The fraction of sp³-hybridized carbons (Fsp3) is 0.0909. The maximum atomic E-state index is 10.6. The van der Waals surface area contributed by atoms with Gasteiger partial charge in [-0.15, -0.1) is 23.1 Å². The first kappa shape index (κ1) is 10.4. The number of thioether (sulfide) groups is 1. The molecular weight excluding hydrogens is 226 g/mol. The van der Waals surface area contributed by atoms with Crippen molar-refractivity contribution in [2.75, 3.05) is 0 Å². The summed E-state index contributed by atoms with van der Waals surface area (Å²) in [4.78, 5) is 15.9. The summed E-state index contributed by atoms with van der Waals surface area (Å²) in [6, 6.07) is 7.60. The standard InChI is InChI=1S/C11H9NOS2/c13-5-9-2-1-3-11(4-9)15-7-10-6-14-8-12-10/h1-6,8H,7H2. The first-order valence-corrected chi connectivity index (χ1v) is 6.36. The number of rotatable bonds is 4. The minimum absolute atomic E-state index is 0.721. The normalized spacial score (nSPS) is 10.1. The molecule has 0 N–H and O–H groups in total. The van der Waals surface area contributed by atoms with Gasteiger partial charge in [-0.2, -0.15) is 0 Å². The second kappa shape index (κ2) is 5.09. The molecule has 1 aromatic heterocycles. The van der Waals surface area contributed by atoms with Crippen LogP contribution in [-0.2, 0) is 5.75 Å². The van der Waals surface area contributed by atoms with Crippen LogP contribution in [0.15, 0.2) is 40.1 Å². The Morgan fingerprint density at radius 1 is 1.47 bits per heavy atom. The molecule has 0 unspecified atom stereocenters. The first-order valence-electron chi connectivity index (χ1n) is 4.43. The number of benzene rings is 1. The zero-order valence-electron chi connectivity index (χ0n) is 7.92. The zero-order chi connectivity index (χ0) is 10.5. The van der Waals surface area contributed by atoms with E-state index in [0.29, 0.717) is 0 Å². The number of thiazole rings is 1. The average Bonchev–Trinajstić information content (AvgIpc) is 2.79. The molecule has 0 aliphatic heterocycles. The van der Waals surface area contributed by atoms with Gasteiger partial charge in [0, 0.05) is 21.6 Å². The number of hydrogen-bond donors (Lipinski definition) is 0. The topological polar surface area (TPSA) is 30.0 Å². The van der Waals surface area contributed by atoms with E-state index in [1.807, 2.05) is 29.1 Å². The largest absolute Gasteiger partial charge is 0.298 e. The lowest BCUT2D eigenvalue weighted by atomic mass is 10.2. The summed E-state index contributed by atoms with van der Waals surface area (Å²) in [5.41, 5.74) is 3.64. The van der Waals surface area contributed by atoms with E-state index < -0.39 is 0 Å². The minimum atomic E-state index is 0.721. The Morgan fingerprint density at radius 3 is 3.13 bits per heavy atom. The average molecular weight is 235 g/mol. The highest BCUT2D eigenvalue weighted by Gasteiger charge is 1.98. The second-order valence-electron chi connectivity index (χ2n) is 2.96. The van der Waals surface area contributed by atoms with Crippen LogP contribution >= 0.6 is 23.1 Å². The molecule has 0 bridgehead atoms. The molecule has 0 saturated carbocycles. The van der Waals surface area contributed by atoms with Gasteiger partial charge in [-0.3, -0.25) is 4.79 Å². The van der Waals surface area contributed by atoms with E-state index in [1.165, 1.54) is 0 Å². The monoisotopic (exact) mass is 235 g/mol. The van der Waals surface area contributed by atoms with Gasteiger partial charge in [0.15, 0.2) is 0 Å². The van der Waals surface area contributed by atoms with Crippen molar-refractivity contribution in [3.63, 3.8) is 0 Å². The SMILES string of the molecule is O=Cc1cccc(SCc2cscn2)c1. The summed E-state index contributed by atoms with van der Waals surface area (Å²) >= 11 is 3.29. The molecule has 1 heterocycles. The molecule has 4 heteroatoms. The lowest BCUT2D eigenvalue weighted by Crippen LogP contribution is -1.82. The Kier molecular flexibility index (Phi) is 3.53. The van der Waals surface area contributed by atoms with Gasteiger partial charge in [-0.25, -0.2) is 4.98 Å². The van der Waals surface area contributed by atoms with E-state index in [9.17, 15) is 4.79 Å². The highest BCUT2D eigenvalue weighted by molar-refractivity contribution is 7.98. The van der Waals surface area contributed by atoms with Crippen LogP contribution in [0.3, 0.4) is 0 Å². The number of carbonyl (C=O) groups excluding carboxylic acids is 1. The molecule has 2 aromatic rings. The van der Waals surface area contributed by atoms with Crippen LogP contribution in [0.2, 0.25) is 0 Å². The smallest absolute Gasteiger partial charge is 0.150 e. The summed E-state index contributed by atoms with van der Waals surface area (Å²) in [6.07, 6.45) is 0.868. The van der Waals surface area contributed by atoms with Crippen LogP contribution in [0.4, 0.5) is 0 Å². The third-order valence-electron chi connectivity index (χ3n) is 1.86. The summed E-state index contributed by atoms with van der Waals surface area (Å²) in [5, 5.41) is 2.04. The molecule has 0 spiro atoms. The predicted octanol–water partition coefficient (Wildman–Crippen LogP) is 3.25. The van der Waals surface area contributed by atoms with Crippen molar-refractivity contribution in [1.82, 2.24) is 4.98 Å². The fourth-order valence-electron chi connectivity index (χ4n) is 1.14. The van der Waals surface area contributed by atoms with Gasteiger partial charge in [0.05, 0.1) is 11.2 Å². The number of aldehydes is 1. The first-order chi connectivity index (χ1) is 7.38. The molecule has 0 aliphatic carbocycles. The summed E-state index contributed by atoms with van der Waals surface area (Å²) in [6.45, 7) is 0. The van der Waals surface area contributed by atoms with E-state index in [2.05, 4.69) is 4.98 Å². The van der Waals surface area contributed by atoms with Crippen molar-refractivity contribution in [3.8, 4) is 0 Å². The third-order valence-corrected chi connectivity index (χ3v) is 3.53. The molecule has 2 nitrogen and oxygen atoms in total. The van der Waals surface area contributed by atoms with E-state index in [0.717, 1.165) is 28.2 Å². The van der Waals surface area contributed by atoms with Crippen LogP contribution in [0.5, 0.6) is 0 Å². The van der Waals surface area contributed by atoms with Gasteiger partial charge in [0.1, 0.15) is 6.29 Å². The molecule has 0 atom stereocenters. The summed E-state index contributed by atoms with van der Waals surface area (Å²) < 4.78 is 0. The van der Waals surface area contributed by atoms with Crippen molar-refractivity contribution >= 4 is 29.4 Å². The van der Waals surface area contributed by atoms with Gasteiger partial charge in [-0.05, 0) is 12.1 Å². The molecular formula is C11H9NOS2. The van der Waals surface area contributed by atoms with Crippen LogP contribution in [0, 0.1) is 0 Å². The van der Waals surface area contributed by atoms with Gasteiger partial charge in [0.2, 0.25) is 0 Å². The lowest BCUT2D eigenvalue weighted by Gasteiger charge is -1.99. The Labute approximate surface area is 96.4 Å². The van der Waals surface area contributed by atoms with Crippen molar-refractivity contribution in [2.24, 2.45) is 0 Å². The van der Waals surface area contributed by atoms with Crippen LogP contribution in [0.25, 0.3) is 0 Å². The molecule has 15 heavy (non-hydrogen) atoms. The molecule has 0 saturated heterocycles. The van der Waals surface area contributed by atoms with Crippen LogP contribution in [-0.4, -0.2) is 11.3 Å². The molecule has 0 fully saturated rings. The van der Waals surface area contributed by atoms with Crippen LogP contribution in [0.1, 0.15) is 16.1 Å². The molecule has 76 valence electrons. The molecule has 0 amide bonds.